The number of nitrogens with zero attached hydrogens (tertiary/aromatic N) is 3. The Hall–Kier alpha value is -2.54. The molecule has 0 spiro atoms. The van der Waals surface area contributed by atoms with Crippen LogP contribution in [-0.4, -0.2) is 27.6 Å². The zero-order valence-corrected chi connectivity index (χ0v) is 15.3. The van der Waals surface area contributed by atoms with Crippen LogP contribution in [0.5, 0.6) is 0 Å². The SMILES string of the molecule is CCOC(=O)c1ccc(Cn2nnc3sc4c(c3c2=O)CCCC4)cc1. The van der Waals surface area contributed by atoms with Crippen molar-refractivity contribution in [3.05, 3.63) is 56.2 Å². The van der Waals surface area contributed by atoms with Gasteiger partial charge in [0.05, 0.1) is 24.1 Å². The fourth-order valence-corrected chi connectivity index (χ4v) is 4.54. The Morgan fingerprint density at radius 2 is 2.00 bits per heavy atom. The van der Waals surface area contributed by atoms with E-state index in [1.54, 1.807) is 30.4 Å². The Balaban J connectivity index is 1.64. The van der Waals surface area contributed by atoms with Crippen molar-refractivity contribution < 1.29 is 9.53 Å². The highest BCUT2D eigenvalue weighted by Crippen LogP contribution is 2.33. The monoisotopic (exact) mass is 369 g/mol. The maximum atomic E-state index is 12.9. The molecule has 1 aliphatic rings. The summed E-state index contributed by atoms with van der Waals surface area (Å²) in [5.74, 6) is -0.345. The number of ether oxygens (including phenoxy) is 1. The van der Waals surface area contributed by atoms with Crippen molar-refractivity contribution in [1.82, 2.24) is 15.0 Å². The van der Waals surface area contributed by atoms with Crippen molar-refractivity contribution in [3.63, 3.8) is 0 Å². The third-order valence-electron chi connectivity index (χ3n) is 4.64. The number of aryl methyl sites for hydroxylation is 2. The molecule has 0 saturated heterocycles. The second kappa shape index (κ2) is 6.99. The van der Waals surface area contributed by atoms with Crippen LogP contribution in [-0.2, 0) is 24.1 Å². The molecular formula is C19H19N3O3S. The molecule has 26 heavy (non-hydrogen) atoms. The molecular weight excluding hydrogens is 350 g/mol. The van der Waals surface area contributed by atoms with Crippen LogP contribution in [0.2, 0.25) is 0 Å². The summed E-state index contributed by atoms with van der Waals surface area (Å²) in [4.78, 5) is 26.7. The number of benzene rings is 1. The topological polar surface area (TPSA) is 74.1 Å². The lowest BCUT2D eigenvalue weighted by molar-refractivity contribution is 0.0526. The molecule has 0 radical (unpaired) electrons. The summed E-state index contributed by atoms with van der Waals surface area (Å²) < 4.78 is 6.39. The Morgan fingerprint density at radius 3 is 2.77 bits per heavy atom. The Bertz CT molecular complexity index is 1020. The molecule has 6 nitrogen and oxygen atoms in total. The molecule has 0 atom stereocenters. The smallest absolute Gasteiger partial charge is 0.338 e. The van der Waals surface area contributed by atoms with Gasteiger partial charge in [0.1, 0.15) is 0 Å². The maximum Gasteiger partial charge on any atom is 0.338 e. The number of aromatic nitrogens is 3. The van der Waals surface area contributed by atoms with Crippen molar-refractivity contribution in [1.29, 1.82) is 0 Å². The zero-order valence-electron chi connectivity index (χ0n) is 14.5. The first-order valence-corrected chi connectivity index (χ1v) is 9.63. The van der Waals surface area contributed by atoms with E-state index in [4.69, 9.17) is 4.74 Å². The van der Waals surface area contributed by atoms with E-state index in [-0.39, 0.29) is 11.5 Å². The van der Waals surface area contributed by atoms with Gasteiger partial charge in [-0.3, -0.25) is 4.79 Å². The molecule has 0 unspecified atom stereocenters. The van der Waals surface area contributed by atoms with Gasteiger partial charge in [-0.05, 0) is 55.9 Å². The second-order valence-electron chi connectivity index (χ2n) is 6.36. The molecule has 0 amide bonds. The van der Waals surface area contributed by atoms with Crippen molar-refractivity contribution in [2.24, 2.45) is 0 Å². The van der Waals surface area contributed by atoms with Gasteiger partial charge >= 0.3 is 5.97 Å². The van der Waals surface area contributed by atoms with Crippen LogP contribution in [0.25, 0.3) is 10.2 Å². The molecule has 134 valence electrons. The number of carbonyl (C=O) groups is 1. The molecule has 0 aliphatic heterocycles. The largest absolute Gasteiger partial charge is 0.462 e. The van der Waals surface area contributed by atoms with E-state index in [9.17, 15) is 9.59 Å². The summed E-state index contributed by atoms with van der Waals surface area (Å²) in [6, 6.07) is 7.04. The number of hydrogen-bond acceptors (Lipinski definition) is 6. The van der Waals surface area contributed by atoms with Crippen molar-refractivity contribution in [2.45, 2.75) is 39.2 Å². The van der Waals surface area contributed by atoms with Gasteiger partial charge in [-0.2, -0.15) is 0 Å². The van der Waals surface area contributed by atoms with Crippen LogP contribution in [0, 0.1) is 0 Å². The van der Waals surface area contributed by atoms with Crippen LogP contribution in [0.3, 0.4) is 0 Å². The molecule has 1 aromatic carbocycles. The maximum absolute atomic E-state index is 12.9. The van der Waals surface area contributed by atoms with Gasteiger partial charge in [-0.25, -0.2) is 9.48 Å². The molecule has 0 N–H and O–H groups in total. The normalized spacial score (nSPS) is 13.6. The number of hydrogen-bond donors (Lipinski definition) is 0. The van der Waals surface area contributed by atoms with Gasteiger partial charge in [0.15, 0.2) is 4.83 Å². The first kappa shape index (κ1) is 16.9. The highest BCUT2D eigenvalue weighted by atomic mass is 32.1. The Labute approximate surface area is 154 Å². The number of fused-ring (bicyclic) bond motifs is 3. The van der Waals surface area contributed by atoms with Gasteiger partial charge in [-0.15, -0.1) is 16.4 Å². The van der Waals surface area contributed by atoms with Crippen LogP contribution < -0.4 is 5.56 Å². The first-order chi connectivity index (χ1) is 12.7. The van der Waals surface area contributed by atoms with E-state index in [0.717, 1.165) is 35.0 Å². The molecule has 7 heteroatoms. The molecule has 0 fully saturated rings. The van der Waals surface area contributed by atoms with Gasteiger partial charge in [0, 0.05) is 4.88 Å². The summed E-state index contributed by atoms with van der Waals surface area (Å²) in [5.41, 5.74) is 2.47. The average Bonchev–Trinajstić information content (AvgIpc) is 3.04. The molecule has 0 saturated carbocycles. The van der Waals surface area contributed by atoms with Gasteiger partial charge < -0.3 is 4.74 Å². The Morgan fingerprint density at radius 1 is 1.23 bits per heavy atom. The van der Waals surface area contributed by atoms with Crippen LogP contribution >= 0.6 is 11.3 Å². The minimum Gasteiger partial charge on any atom is -0.462 e. The summed E-state index contributed by atoms with van der Waals surface area (Å²) in [6.45, 7) is 2.45. The number of esters is 1. The number of thiophene rings is 1. The zero-order chi connectivity index (χ0) is 18.1. The van der Waals surface area contributed by atoms with E-state index in [2.05, 4.69) is 10.3 Å². The summed E-state index contributed by atoms with van der Waals surface area (Å²) >= 11 is 1.60. The average molecular weight is 369 g/mol. The van der Waals surface area contributed by atoms with Crippen molar-refractivity contribution >= 4 is 27.5 Å². The summed E-state index contributed by atoms with van der Waals surface area (Å²) in [7, 11) is 0. The quantitative estimate of drug-likeness (QED) is 0.661. The second-order valence-corrected chi connectivity index (χ2v) is 7.44. The lowest BCUT2D eigenvalue weighted by Gasteiger charge is -2.10. The highest BCUT2D eigenvalue weighted by molar-refractivity contribution is 7.18. The van der Waals surface area contributed by atoms with Crippen LogP contribution in [0.15, 0.2) is 29.1 Å². The third kappa shape index (κ3) is 3.03. The standard InChI is InChI=1S/C19H19N3O3S/c1-2-25-19(24)13-9-7-12(8-10-13)11-22-18(23)16-14-5-3-4-6-15(14)26-17(16)20-21-22/h7-10H,2-6,11H2,1H3. The van der Waals surface area contributed by atoms with Crippen LogP contribution in [0.1, 0.15) is 46.1 Å². The molecule has 2 aromatic heterocycles. The minimum absolute atomic E-state index is 0.0798. The number of carbonyl (C=O) groups excluding carboxylic acids is 1. The molecule has 3 aromatic rings. The van der Waals surface area contributed by atoms with E-state index < -0.39 is 0 Å². The minimum atomic E-state index is -0.345. The molecule has 1 aliphatic carbocycles. The molecule has 2 heterocycles. The Kier molecular flexibility index (Phi) is 4.55. The first-order valence-electron chi connectivity index (χ1n) is 8.81. The van der Waals surface area contributed by atoms with Gasteiger partial charge in [-0.1, -0.05) is 17.3 Å². The third-order valence-corrected chi connectivity index (χ3v) is 5.82. The van der Waals surface area contributed by atoms with Crippen LogP contribution in [0.4, 0.5) is 0 Å². The fraction of sp³-hybridized carbons (Fsp3) is 0.368. The van der Waals surface area contributed by atoms with Gasteiger partial charge in [0.25, 0.3) is 5.56 Å². The summed E-state index contributed by atoms with van der Waals surface area (Å²) in [6.07, 6.45) is 4.28. The van der Waals surface area contributed by atoms with E-state index in [1.165, 1.54) is 21.5 Å². The summed E-state index contributed by atoms with van der Waals surface area (Å²) in [5, 5.41) is 9.11. The van der Waals surface area contributed by atoms with E-state index in [0.29, 0.717) is 18.7 Å². The predicted molar refractivity (Wildman–Crippen MR) is 99.8 cm³/mol. The predicted octanol–water partition coefficient (Wildman–Crippen LogP) is 2.96. The van der Waals surface area contributed by atoms with Crippen molar-refractivity contribution in [2.75, 3.05) is 6.61 Å². The molecule has 4 rings (SSSR count). The van der Waals surface area contributed by atoms with E-state index in [1.807, 2.05) is 12.1 Å². The van der Waals surface area contributed by atoms with Gasteiger partial charge in [0.2, 0.25) is 0 Å². The van der Waals surface area contributed by atoms with E-state index >= 15 is 0 Å². The highest BCUT2D eigenvalue weighted by Gasteiger charge is 2.20. The number of rotatable bonds is 4. The molecule has 0 bridgehead atoms. The fourth-order valence-electron chi connectivity index (χ4n) is 3.34. The lowest BCUT2D eigenvalue weighted by atomic mass is 9.97. The van der Waals surface area contributed by atoms with Crippen molar-refractivity contribution in [3.8, 4) is 0 Å². The lowest BCUT2D eigenvalue weighted by Crippen LogP contribution is -2.25.